The van der Waals surface area contributed by atoms with Crippen LogP contribution >= 0.6 is 0 Å². The van der Waals surface area contributed by atoms with E-state index in [1.54, 1.807) is 12.1 Å². The highest BCUT2D eigenvalue weighted by Gasteiger charge is 2.18. The molecule has 0 aliphatic carbocycles. The lowest BCUT2D eigenvalue weighted by molar-refractivity contribution is 0.439. The van der Waals surface area contributed by atoms with E-state index in [2.05, 4.69) is 5.32 Å². The maximum absolute atomic E-state index is 13.4. The van der Waals surface area contributed by atoms with E-state index in [-0.39, 0.29) is 17.5 Å². The lowest BCUT2D eigenvalue weighted by Gasteiger charge is -2.23. The smallest absolute Gasteiger partial charge is 0.130 e. The van der Waals surface area contributed by atoms with Crippen molar-refractivity contribution in [2.45, 2.75) is 18.8 Å². The summed E-state index contributed by atoms with van der Waals surface area (Å²) in [6.07, 6.45) is 2.11. The first-order valence-corrected chi connectivity index (χ1v) is 4.96. The molecule has 0 radical (unpaired) electrons. The Balaban J connectivity index is 2.22. The first-order valence-electron chi connectivity index (χ1n) is 4.96. The molecule has 1 unspecified atom stereocenters. The van der Waals surface area contributed by atoms with Crippen LogP contribution < -0.4 is 5.32 Å². The summed E-state index contributed by atoms with van der Waals surface area (Å²) in [5, 5.41) is 12.3. The van der Waals surface area contributed by atoms with Crippen LogP contribution in [0.3, 0.4) is 0 Å². The molecule has 76 valence electrons. The third-order valence-electron chi connectivity index (χ3n) is 2.72. The molecule has 0 spiro atoms. The van der Waals surface area contributed by atoms with Crippen molar-refractivity contribution in [3.8, 4) is 5.75 Å². The largest absolute Gasteiger partial charge is 0.508 e. The number of halogens is 1. The maximum Gasteiger partial charge on any atom is 0.130 e. The van der Waals surface area contributed by atoms with Gasteiger partial charge < -0.3 is 10.4 Å². The second kappa shape index (κ2) is 3.96. The Morgan fingerprint density at radius 2 is 2.29 bits per heavy atom. The van der Waals surface area contributed by atoms with Gasteiger partial charge in [-0.25, -0.2) is 4.39 Å². The number of piperidine rings is 1. The number of benzene rings is 1. The van der Waals surface area contributed by atoms with Crippen LogP contribution in [0.2, 0.25) is 0 Å². The molecule has 2 rings (SSSR count). The van der Waals surface area contributed by atoms with E-state index in [1.807, 2.05) is 0 Å². The summed E-state index contributed by atoms with van der Waals surface area (Å²) in [5.41, 5.74) is 0.718. The van der Waals surface area contributed by atoms with Crippen LogP contribution in [-0.4, -0.2) is 18.2 Å². The zero-order valence-electron chi connectivity index (χ0n) is 7.96. The number of phenols is 1. The van der Waals surface area contributed by atoms with Gasteiger partial charge in [0, 0.05) is 12.6 Å². The van der Waals surface area contributed by atoms with Gasteiger partial charge in [-0.2, -0.15) is 0 Å². The van der Waals surface area contributed by atoms with Crippen molar-refractivity contribution in [2.75, 3.05) is 13.1 Å². The predicted molar refractivity (Wildman–Crippen MR) is 52.9 cm³/mol. The SMILES string of the molecule is Oc1ccc(C2CCCNC2)c(F)c1. The molecule has 14 heavy (non-hydrogen) atoms. The normalized spacial score (nSPS) is 22.2. The number of aromatic hydroxyl groups is 1. The van der Waals surface area contributed by atoms with Crippen LogP contribution in [0.4, 0.5) is 4.39 Å². The van der Waals surface area contributed by atoms with Gasteiger partial charge in [0.15, 0.2) is 0 Å². The van der Waals surface area contributed by atoms with Gasteiger partial charge in [0.2, 0.25) is 0 Å². The van der Waals surface area contributed by atoms with Gasteiger partial charge in [-0.15, -0.1) is 0 Å². The molecule has 1 heterocycles. The second-order valence-electron chi connectivity index (χ2n) is 3.75. The topological polar surface area (TPSA) is 32.3 Å². The second-order valence-corrected chi connectivity index (χ2v) is 3.75. The standard InChI is InChI=1S/C11H14FNO/c12-11-6-9(14)3-4-10(11)8-2-1-5-13-7-8/h3-4,6,8,13-14H,1-2,5,7H2. The molecule has 2 N–H and O–H groups in total. The molecule has 1 fully saturated rings. The molecule has 0 saturated carbocycles. The fraction of sp³-hybridized carbons (Fsp3) is 0.455. The van der Waals surface area contributed by atoms with E-state index in [4.69, 9.17) is 5.11 Å². The Kier molecular flexibility index (Phi) is 2.68. The molecule has 0 aromatic heterocycles. The summed E-state index contributed by atoms with van der Waals surface area (Å²) in [4.78, 5) is 0. The molecule has 0 bridgehead atoms. The molecule has 0 amide bonds. The van der Waals surface area contributed by atoms with E-state index in [9.17, 15) is 4.39 Å². The maximum atomic E-state index is 13.4. The van der Waals surface area contributed by atoms with Gasteiger partial charge in [-0.1, -0.05) is 6.07 Å². The number of phenolic OH excluding ortho intramolecular Hbond substituents is 1. The van der Waals surface area contributed by atoms with E-state index >= 15 is 0 Å². The average molecular weight is 195 g/mol. The summed E-state index contributed by atoms with van der Waals surface area (Å²) in [6, 6.07) is 4.42. The van der Waals surface area contributed by atoms with Crippen molar-refractivity contribution in [1.82, 2.24) is 5.32 Å². The van der Waals surface area contributed by atoms with Crippen molar-refractivity contribution in [3.05, 3.63) is 29.6 Å². The Bertz CT molecular complexity index is 321. The zero-order valence-corrected chi connectivity index (χ0v) is 7.96. The van der Waals surface area contributed by atoms with Crippen LogP contribution in [0.1, 0.15) is 24.3 Å². The van der Waals surface area contributed by atoms with Gasteiger partial charge in [0.1, 0.15) is 11.6 Å². The van der Waals surface area contributed by atoms with Gasteiger partial charge >= 0.3 is 0 Å². The van der Waals surface area contributed by atoms with Crippen molar-refractivity contribution in [2.24, 2.45) is 0 Å². The molecule has 1 aromatic rings. The molecule has 2 nitrogen and oxygen atoms in total. The minimum absolute atomic E-state index is 0.00461. The van der Waals surface area contributed by atoms with Gasteiger partial charge in [0.25, 0.3) is 0 Å². The summed E-state index contributed by atoms with van der Waals surface area (Å²) < 4.78 is 13.4. The van der Waals surface area contributed by atoms with Gasteiger partial charge in [-0.05, 0) is 36.9 Å². The van der Waals surface area contributed by atoms with E-state index in [0.29, 0.717) is 0 Å². The highest BCUT2D eigenvalue weighted by molar-refractivity contribution is 5.30. The summed E-state index contributed by atoms with van der Waals surface area (Å²) in [7, 11) is 0. The monoisotopic (exact) mass is 195 g/mol. The number of hydrogen-bond donors (Lipinski definition) is 2. The molecular weight excluding hydrogens is 181 g/mol. The fourth-order valence-electron chi connectivity index (χ4n) is 1.96. The van der Waals surface area contributed by atoms with E-state index < -0.39 is 0 Å². The van der Waals surface area contributed by atoms with Crippen molar-refractivity contribution in [1.29, 1.82) is 0 Å². The first kappa shape index (κ1) is 9.46. The molecular formula is C11H14FNO. The molecule has 1 saturated heterocycles. The first-order chi connectivity index (χ1) is 6.77. The predicted octanol–water partition coefficient (Wildman–Crippen LogP) is 2.00. The third kappa shape index (κ3) is 1.87. The lowest BCUT2D eigenvalue weighted by atomic mass is 9.91. The Labute approximate surface area is 82.8 Å². The quantitative estimate of drug-likeness (QED) is 0.718. The van der Waals surface area contributed by atoms with Crippen LogP contribution in [0, 0.1) is 5.82 Å². The zero-order chi connectivity index (χ0) is 9.97. The highest BCUT2D eigenvalue weighted by atomic mass is 19.1. The van der Waals surface area contributed by atoms with Gasteiger partial charge in [0.05, 0.1) is 0 Å². The molecule has 1 aromatic carbocycles. The molecule has 1 atom stereocenters. The van der Waals surface area contributed by atoms with Gasteiger partial charge in [-0.3, -0.25) is 0 Å². The van der Waals surface area contributed by atoms with Crippen molar-refractivity contribution >= 4 is 0 Å². The van der Waals surface area contributed by atoms with Crippen LogP contribution in [0.25, 0.3) is 0 Å². The average Bonchev–Trinajstić information content (AvgIpc) is 2.19. The van der Waals surface area contributed by atoms with E-state index in [1.165, 1.54) is 6.07 Å². The fourth-order valence-corrected chi connectivity index (χ4v) is 1.96. The summed E-state index contributed by atoms with van der Waals surface area (Å²) in [5.74, 6) is -0.0435. The minimum atomic E-state index is -0.293. The molecule has 1 aliphatic heterocycles. The Morgan fingerprint density at radius 3 is 2.93 bits per heavy atom. The van der Waals surface area contributed by atoms with Crippen molar-refractivity contribution in [3.63, 3.8) is 0 Å². The Hall–Kier alpha value is -1.09. The summed E-state index contributed by atoms with van der Waals surface area (Å²) >= 11 is 0. The highest BCUT2D eigenvalue weighted by Crippen LogP contribution is 2.27. The van der Waals surface area contributed by atoms with Crippen LogP contribution in [-0.2, 0) is 0 Å². The lowest BCUT2D eigenvalue weighted by Crippen LogP contribution is -2.28. The molecule has 1 aliphatic rings. The summed E-state index contributed by atoms with van der Waals surface area (Å²) in [6.45, 7) is 1.86. The van der Waals surface area contributed by atoms with Crippen LogP contribution in [0.5, 0.6) is 5.75 Å². The number of hydrogen-bond acceptors (Lipinski definition) is 2. The van der Waals surface area contributed by atoms with Crippen molar-refractivity contribution < 1.29 is 9.50 Å². The minimum Gasteiger partial charge on any atom is -0.508 e. The number of rotatable bonds is 1. The van der Waals surface area contributed by atoms with Crippen LogP contribution in [0.15, 0.2) is 18.2 Å². The Morgan fingerprint density at radius 1 is 1.43 bits per heavy atom. The van der Waals surface area contributed by atoms with E-state index in [0.717, 1.165) is 31.5 Å². The molecule has 3 heteroatoms. The third-order valence-corrected chi connectivity index (χ3v) is 2.72. The number of nitrogens with one attached hydrogen (secondary N) is 1.